The van der Waals surface area contributed by atoms with Crippen molar-refractivity contribution in [3.8, 4) is 5.75 Å². The number of carbonyl (C=O) groups is 1. The topological polar surface area (TPSA) is 56.8 Å². The Morgan fingerprint density at radius 3 is 2.70 bits per heavy atom. The van der Waals surface area contributed by atoms with Gasteiger partial charge in [0.1, 0.15) is 12.4 Å². The maximum Gasteiger partial charge on any atom is 0.251 e. The molecule has 2 fully saturated rings. The van der Waals surface area contributed by atoms with Crippen molar-refractivity contribution in [1.82, 2.24) is 20.4 Å². The fraction of sp³-hybridized carbons (Fsp3) is 0.458. The summed E-state index contributed by atoms with van der Waals surface area (Å²) in [6, 6.07) is 11.5. The Morgan fingerprint density at radius 1 is 1.09 bits per heavy atom. The summed E-state index contributed by atoms with van der Waals surface area (Å²) < 4.78 is 7.25. The van der Waals surface area contributed by atoms with Crippen molar-refractivity contribution >= 4 is 51.7 Å². The smallest absolute Gasteiger partial charge is 0.251 e. The van der Waals surface area contributed by atoms with Crippen LogP contribution in [0.3, 0.4) is 0 Å². The van der Waals surface area contributed by atoms with E-state index >= 15 is 0 Å². The lowest BCUT2D eigenvalue weighted by Crippen LogP contribution is -2.44. The lowest BCUT2D eigenvalue weighted by atomic mass is 10.2. The fourth-order valence-corrected chi connectivity index (χ4v) is 5.02. The first kappa shape index (κ1) is 25.0. The number of hydrogen-bond donors (Lipinski definition) is 2. The number of rotatable bonds is 8. The van der Waals surface area contributed by atoms with Crippen molar-refractivity contribution in [1.29, 1.82) is 0 Å². The van der Waals surface area contributed by atoms with Crippen molar-refractivity contribution in [2.45, 2.75) is 19.0 Å². The van der Waals surface area contributed by atoms with E-state index in [1.807, 2.05) is 0 Å². The van der Waals surface area contributed by atoms with Gasteiger partial charge in [0.2, 0.25) is 0 Å². The molecule has 33 heavy (non-hydrogen) atoms. The second-order valence-corrected chi connectivity index (χ2v) is 10.5. The first-order valence-corrected chi connectivity index (χ1v) is 13.1. The van der Waals surface area contributed by atoms with Gasteiger partial charge in [-0.2, -0.15) is 0 Å². The third-order valence-electron chi connectivity index (χ3n) is 6.07. The normalized spacial score (nSPS) is 19.5. The Hall–Kier alpha value is -1.10. The average molecular weight is 603 g/mol. The first-order chi connectivity index (χ1) is 16.0. The molecular formula is C24H29Cl2IN4O2. The third-order valence-corrected chi connectivity index (χ3v) is 7.70. The first-order valence-electron chi connectivity index (χ1n) is 11.3. The number of nitrogens with zero attached hydrogens (tertiary/aromatic N) is 2. The summed E-state index contributed by atoms with van der Waals surface area (Å²) >= 11 is 14.3. The molecule has 0 aliphatic carbocycles. The van der Waals surface area contributed by atoms with E-state index in [2.05, 4.69) is 61.2 Å². The molecule has 1 unspecified atom stereocenters. The molecule has 0 saturated carbocycles. The highest BCUT2D eigenvalue weighted by molar-refractivity contribution is 14.1. The van der Waals surface area contributed by atoms with Gasteiger partial charge in [0.05, 0.1) is 13.6 Å². The van der Waals surface area contributed by atoms with Crippen LogP contribution < -0.4 is 15.4 Å². The molecule has 2 aliphatic heterocycles. The van der Waals surface area contributed by atoms with Crippen LogP contribution in [0.1, 0.15) is 22.3 Å². The minimum absolute atomic E-state index is 0.116. The van der Waals surface area contributed by atoms with Gasteiger partial charge in [0.15, 0.2) is 0 Å². The maximum atomic E-state index is 12.6. The van der Waals surface area contributed by atoms with Crippen LogP contribution in [0.5, 0.6) is 5.75 Å². The van der Waals surface area contributed by atoms with Crippen LogP contribution in [0.15, 0.2) is 36.4 Å². The van der Waals surface area contributed by atoms with Crippen LogP contribution in [0.4, 0.5) is 0 Å². The summed E-state index contributed by atoms with van der Waals surface area (Å²) in [5, 5.41) is 7.34. The van der Waals surface area contributed by atoms with E-state index in [9.17, 15) is 4.79 Å². The number of hydrogen-bond acceptors (Lipinski definition) is 5. The Balaban J connectivity index is 1.26. The Bertz CT molecular complexity index is 971. The second-order valence-electron chi connectivity index (χ2n) is 8.53. The van der Waals surface area contributed by atoms with Gasteiger partial charge in [0.25, 0.3) is 5.91 Å². The zero-order chi connectivity index (χ0) is 23.2. The molecule has 2 saturated heterocycles. The number of halogens is 3. The lowest BCUT2D eigenvalue weighted by Gasteiger charge is -2.27. The molecule has 0 bridgehead atoms. The molecule has 2 aromatic rings. The van der Waals surface area contributed by atoms with E-state index in [0.717, 1.165) is 68.1 Å². The minimum atomic E-state index is -0.116. The van der Waals surface area contributed by atoms with E-state index in [-0.39, 0.29) is 11.9 Å². The SMILES string of the molecule is O=C(NC1CCN(Cc2ccc(I)c(OCCN3CCNCC3)c2)C1)c1ccc(Cl)c(Cl)c1. The van der Waals surface area contributed by atoms with Gasteiger partial charge in [-0.25, -0.2) is 0 Å². The summed E-state index contributed by atoms with van der Waals surface area (Å²) in [7, 11) is 0. The van der Waals surface area contributed by atoms with Gasteiger partial charge in [-0.1, -0.05) is 29.3 Å². The molecule has 1 atom stereocenters. The third kappa shape index (κ3) is 7.19. The van der Waals surface area contributed by atoms with Gasteiger partial charge < -0.3 is 15.4 Å². The van der Waals surface area contributed by atoms with E-state index in [1.54, 1.807) is 18.2 Å². The Kier molecular flexibility index (Phi) is 9.12. The summed E-state index contributed by atoms with van der Waals surface area (Å²) in [6.07, 6.45) is 0.922. The summed E-state index contributed by atoms with van der Waals surface area (Å²) in [6.45, 7) is 8.52. The number of amides is 1. The second kappa shape index (κ2) is 12.0. The summed E-state index contributed by atoms with van der Waals surface area (Å²) in [4.78, 5) is 17.4. The van der Waals surface area contributed by atoms with Gasteiger partial charge in [0, 0.05) is 64.0 Å². The monoisotopic (exact) mass is 602 g/mol. The molecule has 2 aromatic carbocycles. The van der Waals surface area contributed by atoms with Crippen LogP contribution in [0.25, 0.3) is 0 Å². The largest absolute Gasteiger partial charge is 0.491 e. The molecule has 9 heteroatoms. The highest BCUT2D eigenvalue weighted by atomic mass is 127. The summed E-state index contributed by atoms with van der Waals surface area (Å²) in [5.41, 5.74) is 1.76. The molecule has 6 nitrogen and oxygen atoms in total. The molecule has 4 rings (SSSR count). The molecule has 0 spiro atoms. The minimum Gasteiger partial charge on any atom is -0.491 e. The standard InChI is InChI=1S/C24H29Cl2IN4O2/c25-20-3-2-18(14-21(20)26)24(32)29-19-5-8-31(16-19)15-17-1-4-22(27)23(13-17)33-12-11-30-9-6-28-7-10-30/h1-4,13-14,19,28H,5-12,15-16H2,(H,29,32). The molecular weight excluding hydrogens is 574 g/mol. The van der Waals surface area contributed by atoms with Crippen molar-refractivity contribution in [3.05, 3.63) is 61.1 Å². The van der Waals surface area contributed by atoms with Gasteiger partial charge in [-0.15, -0.1) is 0 Å². The molecule has 0 radical (unpaired) electrons. The van der Waals surface area contributed by atoms with Crippen molar-refractivity contribution < 1.29 is 9.53 Å². The van der Waals surface area contributed by atoms with Crippen LogP contribution in [-0.2, 0) is 6.54 Å². The molecule has 2 aliphatic rings. The zero-order valence-electron chi connectivity index (χ0n) is 18.5. The number of likely N-dealkylation sites (tertiary alicyclic amines) is 1. The van der Waals surface area contributed by atoms with Crippen molar-refractivity contribution in [2.75, 3.05) is 52.4 Å². The predicted octanol–water partition coefficient (Wildman–Crippen LogP) is 3.89. The highest BCUT2D eigenvalue weighted by Gasteiger charge is 2.24. The molecule has 0 aromatic heterocycles. The Labute approximate surface area is 219 Å². The fourth-order valence-electron chi connectivity index (χ4n) is 4.23. The van der Waals surface area contributed by atoms with Gasteiger partial charge >= 0.3 is 0 Å². The lowest BCUT2D eigenvalue weighted by molar-refractivity contribution is 0.0937. The van der Waals surface area contributed by atoms with E-state index < -0.39 is 0 Å². The number of piperazine rings is 1. The van der Waals surface area contributed by atoms with E-state index in [1.165, 1.54) is 5.56 Å². The number of carbonyl (C=O) groups excluding carboxylic acids is 1. The maximum absolute atomic E-state index is 12.6. The molecule has 2 heterocycles. The molecule has 2 N–H and O–H groups in total. The summed E-state index contributed by atoms with van der Waals surface area (Å²) in [5.74, 6) is 0.835. The number of nitrogens with one attached hydrogen (secondary N) is 2. The van der Waals surface area contributed by atoms with Crippen molar-refractivity contribution in [2.24, 2.45) is 0 Å². The van der Waals surface area contributed by atoms with E-state index in [4.69, 9.17) is 27.9 Å². The van der Waals surface area contributed by atoms with Crippen LogP contribution in [-0.4, -0.2) is 74.2 Å². The number of ether oxygens (including phenoxy) is 1. The predicted molar refractivity (Wildman–Crippen MR) is 142 cm³/mol. The highest BCUT2D eigenvalue weighted by Crippen LogP contribution is 2.25. The Morgan fingerprint density at radius 2 is 1.91 bits per heavy atom. The van der Waals surface area contributed by atoms with Crippen molar-refractivity contribution in [3.63, 3.8) is 0 Å². The van der Waals surface area contributed by atoms with Gasteiger partial charge in [-0.05, 0) is 64.9 Å². The van der Waals surface area contributed by atoms with E-state index in [0.29, 0.717) is 22.2 Å². The number of benzene rings is 2. The van der Waals surface area contributed by atoms with Crippen LogP contribution >= 0.6 is 45.8 Å². The molecule has 1 amide bonds. The van der Waals surface area contributed by atoms with Crippen LogP contribution in [0, 0.1) is 3.57 Å². The average Bonchev–Trinajstić information content (AvgIpc) is 3.25. The quantitative estimate of drug-likeness (QED) is 0.449. The van der Waals surface area contributed by atoms with Crippen LogP contribution in [0.2, 0.25) is 10.0 Å². The zero-order valence-corrected chi connectivity index (χ0v) is 22.1. The van der Waals surface area contributed by atoms with Gasteiger partial charge in [-0.3, -0.25) is 14.6 Å². The molecule has 178 valence electrons.